The van der Waals surface area contributed by atoms with Crippen molar-refractivity contribution < 1.29 is 7.95 Å². The highest BCUT2D eigenvalue weighted by molar-refractivity contribution is 4.86. The fourth-order valence-electron chi connectivity index (χ4n) is 0.247. The van der Waals surface area contributed by atoms with Gasteiger partial charge in [0.05, 0.1) is 2.74 Å². The zero-order chi connectivity index (χ0) is 6.15. The van der Waals surface area contributed by atoms with Gasteiger partial charge in [-0.05, 0) is 12.1 Å². The average molecular weight is 84.1 g/mol. The second kappa shape index (κ2) is 1.05. The van der Waals surface area contributed by atoms with E-state index in [0.29, 0.717) is 0 Å². The Balaban J connectivity index is 3.19. The van der Waals surface area contributed by atoms with E-state index in [1.807, 2.05) is 0 Å². The molecule has 0 saturated carbocycles. The number of aromatic nitrogens is 1. The summed E-state index contributed by atoms with van der Waals surface area (Å²) in [6.07, 6.45) is -0.343. The fraction of sp³-hybridized carbons (Fsp3) is 0. The van der Waals surface area contributed by atoms with Crippen LogP contribution in [0.1, 0.15) is 2.74 Å². The zero-order valence-corrected chi connectivity index (χ0v) is 3.01. The van der Waals surface area contributed by atoms with Crippen molar-refractivity contribution in [2.75, 3.05) is 0 Å². The van der Waals surface area contributed by atoms with Crippen LogP contribution in [0.5, 0.6) is 0 Å². The molecular formula is C4H4NO. The van der Waals surface area contributed by atoms with Crippen LogP contribution in [0, 0.1) is 0 Å². The van der Waals surface area contributed by atoms with Gasteiger partial charge >= 0.3 is 0 Å². The molecule has 0 atom stereocenters. The Kier molecular flexibility index (Phi) is 0.294. The lowest BCUT2D eigenvalue weighted by atomic mass is 10.7. The molecule has 0 aliphatic carbocycles. The molecule has 0 spiro atoms. The first-order valence-electron chi connectivity index (χ1n) is 2.54. The van der Waals surface area contributed by atoms with Crippen LogP contribution >= 0.6 is 0 Å². The summed E-state index contributed by atoms with van der Waals surface area (Å²) in [6.45, 7) is 0. The predicted molar refractivity (Wildman–Crippen MR) is 20.5 cm³/mol. The van der Waals surface area contributed by atoms with Crippen LogP contribution in [-0.4, -0.2) is 4.73 Å². The monoisotopic (exact) mass is 84.0 g/mol. The Bertz CT molecular complexity index is 176. The predicted octanol–water partition coefficient (Wildman–Crippen LogP) is 0.682. The lowest BCUT2D eigenvalue weighted by molar-refractivity contribution is 0.0917. The van der Waals surface area contributed by atoms with E-state index in [9.17, 15) is 5.21 Å². The highest BCUT2D eigenvalue weighted by Crippen LogP contribution is 1.80. The molecule has 1 rings (SSSR count). The van der Waals surface area contributed by atoms with Gasteiger partial charge in [0.2, 0.25) is 0 Å². The Morgan fingerprint density at radius 2 is 2.00 bits per heavy atom. The summed E-state index contributed by atoms with van der Waals surface area (Å²) in [7, 11) is 0. The van der Waals surface area contributed by atoms with Crippen molar-refractivity contribution in [1.82, 2.24) is 4.73 Å². The van der Waals surface area contributed by atoms with Gasteiger partial charge in [0.15, 0.2) is 0 Å². The first kappa shape index (κ1) is 1.69. The molecular weight excluding hydrogens is 78.0 g/mol. The summed E-state index contributed by atoms with van der Waals surface area (Å²) < 4.78 is 13.8. The average Bonchev–Trinajstić information content (AvgIpc) is 1.98. The minimum absolute atomic E-state index is 0.171. The number of hydrogen-bond acceptors (Lipinski definition) is 0. The van der Waals surface area contributed by atoms with Crippen LogP contribution in [0.25, 0.3) is 0 Å². The van der Waals surface area contributed by atoms with Crippen molar-refractivity contribution >= 4 is 0 Å². The van der Waals surface area contributed by atoms with E-state index in [1.54, 1.807) is 0 Å². The van der Waals surface area contributed by atoms with Gasteiger partial charge < -0.3 is 0 Å². The van der Waals surface area contributed by atoms with Gasteiger partial charge in [0, 0.05) is 12.3 Å². The molecule has 0 saturated heterocycles. The molecule has 0 bridgehead atoms. The molecule has 1 radical (unpaired) electrons. The quantitative estimate of drug-likeness (QED) is 0.441. The molecule has 0 N–H and O–H groups in total. The van der Waals surface area contributed by atoms with Crippen LogP contribution in [0.2, 0.25) is 0 Å². The smallest absolute Gasteiger partial charge is 0.0857 e. The van der Waals surface area contributed by atoms with Crippen molar-refractivity contribution in [3.05, 3.63) is 24.5 Å². The molecule has 0 aliphatic heterocycles. The van der Waals surface area contributed by atoms with Crippen LogP contribution in [-0.2, 0) is 5.21 Å². The molecule has 6 heavy (non-hydrogen) atoms. The van der Waals surface area contributed by atoms with E-state index in [1.165, 1.54) is 12.1 Å². The molecule has 0 amide bonds. The van der Waals surface area contributed by atoms with Crippen LogP contribution in [0.4, 0.5) is 0 Å². The number of rotatable bonds is 0. The highest BCUT2D eigenvalue weighted by Gasteiger charge is 1.73. The number of nitrogens with zero attached hydrogens (tertiary/aromatic N) is 1. The molecule has 2 heteroatoms. The zero-order valence-electron chi connectivity index (χ0n) is 5.01. The van der Waals surface area contributed by atoms with E-state index in [-0.39, 0.29) is 17.1 Å². The van der Waals surface area contributed by atoms with E-state index in [0.717, 1.165) is 0 Å². The van der Waals surface area contributed by atoms with Gasteiger partial charge in [-0.15, -0.1) is 4.73 Å². The van der Waals surface area contributed by atoms with Gasteiger partial charge in [-0.25, -0.2) is 0 Å². The maximum absolute atomic E-state index is 10.3. The van der Waals surface area contributed by atoms with Crippen molar-refractivity contribution in [3.8, 4) is 0 Å². The fourth-order valence-corrected chi connectivity index (χ4v) is 0.247. The van der Waals surface area contributed by atoms with Crippen LogP contribution < -0.4 is 0 Å². The van der Waals surface area contributed by atoms with Crippen molar-refractivity contribution in [3.63, 3.8) is 0 Å². The maximum Gasteiger partial charge on any atom is 0.0857 e. The van der Waals surface area contributed by atoms with Crippen molar-refractivity contribution in [2.24, 2.45) is 0 Å². The normalized spacial score (nSPS) is 13.3. The van der Waals surface area contributed by atoms with E-state index >= 15 is 0 Å². The van der Waals surface area contributed by atoms with E-state index in [4.69, 9.17) is 2.74 Å². The third-order valence-electron chi connectivity index (χ3n) is 0.467. The Morgan fingerprint density at radius 3 is 2.17 bits per heavy atom. The van der Waals surface area contributed by atoms with Gasteiger partial charge in [0.1, 0.15) is 0 Å². The minimum atomic E-state index is -0.171. The first-order valence-corrected chi connectivity index (χ1v) is 1.54. The summed E-state index contributed by atoms with van der Waals surface area (Å²) in [5.41, 5.74) is 0. The lowest BCUT2D eigenvalue weighted by Gasteiger charge is -1.70. The topological polar surface area (TPSA) is 24.8 Å². The molecule has 1 heterocycles. The van der Waals surface area contributed by atoms with Crippen LogP contribution in [0.15, 0.2) is 24.5 Å². The molecule has 0 aliphatic rings. The summed E-state index contributed by atoms with van der Waals surface area (Å²) in [6, 6.07) is 2.57. The molecule has 31 valence electrons. The summed E-state index contributed by atoms with van der Waals surface area (Å²) in [4.78, 5) is 0. The van der Waals surface area contributed by atoms with Gasteiger partial charge in [-0.1, -0.05) is 0 Å². The lowest BCUT2D eigenvalue weighted by Crippen LogP contribution is -1.74. The Labute approximate surface area is 38.4 Å². The van der Waals surface area contributed by atoms with Gasteiger partial charge in [0.25, 0.3) is 0 Å². The summed E-state index contributed by atoms with van der Waals surface area (Å²) >= 11 is 0. The largest absolute Gasteiger partial charge is 0.167 e. The van der Waals surface area contributed by atoms with Gasteiger partial charge in [-0.2, -0.15) is 5.21 Å². The molecule has 0 fully saturated rings. The summed E-state index contributed by atoms with van der Waals surface area (Å²) in [5, 5.41) is 10.3. The number of hydrogen-bond donors (Lipinski definition) is 0. The first-order chi connectivity index (χ1) is 3.72. The van der Waals surface area contributed by atoms with E-state index < -0.39 is 0 Å². The Hall–Kier alpha value is -0.920. The molecule has 1 aromatic rings. The van der Waals surface area contributed by atoms with Gasteiger partial charge in [-0.3, -0.25) is 0 Å². The summed E-state index contributed by atoms with van der Waals surface area (Å²) in [5.74, 6) is 0. The second-order valence-electron chi connectivity index (χ2n) is 0.886. The highest BCUT2D eigenvalue weighted by atomic mass is 16.5. The minimum Gasteiger partial charge on any atom is -0.167 e. The second-order valence-corrected chi connectivity index (χ2v) is 0.886. The molecule has 0 unspecified atom stereocenters. The van der Waals surface area contributed by atoms with Crippen molar-refractivity contribution in [1.29, 1.82) is 0 Å². The molecule has 2 nitrogen and oxygen atoms in total. The van der Waals surface area contributed by atoms with Crippen molar-refractivity contribution in [2.45, 2.75) is 0 Å². The Morgan fingerprint density at radius 1 is 1.50 bits per heavy atom. The third-order valence-corrected chi connectivity index (χ3v) is 0.467. The van der Waals surface area contributed by atoms with Crippen LogP contribution in [0.3, 0.4) is 0 Å². The standard InChI is InChI=1S/C4H4NO/c6-5-3-1-2-4-5/h1-4H/i3D,4D. The van der Waals surface area contributed by atoms with E-state index in [2.05, 4.69) is 0 Å². The maximum atomic E-state index is 10.3. The molecule has 0 aromatic carbocycles. The SMILES string of the molecule is [2H]c1ccc([2H])n1[O]. The molecule has 1 aromatic heterocycles. The third kappa shape index (κ3) is 0.360.